The Morgan fingerprint density at radius 2 is 1.38 bits per heavy atom. The SMILES string of the molecule is CCOC1(C)COC1c1ccc(C2OCC2(C)OCC)o1. The van der Waals surface area contributed by atoms with Gasteiger partial charge in [0.1, 0.15) is 34.9 Å². The zero-order valence-electron chi connectivity index (χ0n) is 13.2. The van der Waals surface area contributed by atoms with Gasteiger partial charge in [0, 0.05) is 13.2 Å². The van der Waals surface area contributed by atoms with E-state index in [4.69, 9.17) is 23.4 Å². The van der Waals surface area contributed by atoms with Crippen molar-refractivity contribution in [1.82, 2.24) is 0 Å². The van der Waals surface area contributed by atoms with Crippen molar-refractivity contribution in [2.24, 2.45) is 0 Å². The standard InChI is InChI=1S/C16H24O5/c1-5-19-15(3)9-17-13(15)11-7-8-12(21-11)14-16(4,10-18-14)20-6-2/h7-8,13-14H,5-6,9-10H2,1-4H3. The fourth-order valence-corrected chi connectivity index (χ4v) is 3.11. The maximum Gasteiger partial charge on any atom is 0.146 e. The molecule has 0 aromatic carbocycles. The van der Waals surface area contributed by atoms with Crippen molar-refractivity contribution in [3.05, 3.63) is 23.7 Å². The summed E-state index contributed by atoms with van der Waals surface area (Å²) < 4.78 is 28.8. The summed E-state index contributed by atoms with van der Waals surface area (Å²) in [5.41, 5.74) is -0.596. The minimum absolute atomic E-state index is 0.148. The minimum atomic E-state index is -0.298. The van der Waals surface area contributed by atoms with Gasteiger partial charge >= 0.3 is 0 Å². The quantitative estimate of drug-likeness (QED) is 0.807. The average molecular weight is 296 g/mol. The largest absolute Gasteiger partial charge is 0.460 e. The van der Waals surface area contributed by atoms with Crippen LogP contribution in [-0.4, -0.2) is 37.6 Å². The first-order valence-electron chi connectivity index (χ1n) is 7.63. The van der Waals surface area contributed by atoms with Crippen LogP contribution in [0, 0.1) is 0 Å². The Morgan fingerprint density at radius 3 is 1.67 bits per heavy atom. The number of hydrogen-bond acceptors (Lipinski definition) is 5. The topological polar surface area (TPSA) is 50.1 Å². The van der Waals surface area contributed by atoms with Crippen LogP contribution in [0.2, 0.25) is 0 Å². The van der Waals surface area contributed by atoms with Crippen molar-refractivity contribution in [2.45, 2.75) is 51.1 Å². The molecule has 2 aliphatic heterocycles. The summed E-state index contributed by atoms with van der Waals surface area (Å²) in [7, 11) is 0. The molecule has 0 amide bonds. The third-order valence-corrected chi connectivity index (χ3v) is 4.29. The Balaban J connectivity index is 1.73. The summed E-state index contributed by atoms with van der Waals surface area (Å²) in [6.07, 6.45) is -0.297. The number of furan rings is 1. The molecule has 4 atom stereocenters. The second kappa shape index (κ2) is 5.39. The van der Waals surface area contributed by atoms with Crippen molar-refractivity contribution >= 4 is 0 Å². The van der Waals surface area contributed by atoms with Gasteiger partial charge in [-0.25, -0.2) is 0 Å². The second-order valence-corrected chi connectivity index (χ2v) is 6.11. The van der Waals surface area contributed by atoms with Crippen molar-refractivity contribution in [1.29, 1.82) is 0 Å². The molecule has 3 heterocycles. The van der Waals surface area contributed by atoms with Crippen molar-refractivity contribution < 1.29 is 23.4 Å². The molecule has 5 heteroatoms. The molecule has 21 heavy (non-hydrogen) atoms. The molecule has 0 radical (unpaired) electrons. The Bertz CT molecular complexity index is 456. The summed E-state index contributed by atoms with van der Waals surface area (Å²) in [6, 6.07) is 3.90. The van der Waals surface area contributed by atoms with Gasteiger partial charge in [-0.1, -0.05) is 0 Å². The van der Waals surface area contributed by atoms with Gasteiger partial charge < -0.3 is 23.4 Å². The van der Waals surface area contributed by atoms with E-state index < -0.39 is 0 Å². The Hall–Kier alpha value is -0.880. The van der Waals surface area contributed by atoms with Crippen molar-refractivity contribution in [3.63, 3.8) is 0 Å². The predicted octanol–water partition coefficient (Wildman–Crippen LogP) is 3.01. The first-order valence-corrected chi connectivity index (χ1v) is 7.63. The zero-order valence-corrected chi connectivity index (χ0v) is 13.2. The Kier molecular flexibility index (Phi) is 3.86. The molecule has 118 valence electrons. The second-order valence-electron chi connectivity index (χ2n) is 6.11. The van der Waals surface area contributed by atoms with Crippen LogP contribution in [0.15, 0.2) is 16.5 Å². The molecule has 2 fully saturated rings. The highest BCUT2D eigenvalue weighted by Gasteiger charge is 2.51. The molecule has 1 aromatic rings. The molecule has 3 rings (SSSR count). The summed E-state index contributed by atoms with van der Waals surface area (Å²) in [5.74, 6) is 1.59. The van der Waals surface area contributed by atoms with E-state index in [1.165, 1.54) is 0 Å². The van der Waals surface area contributed by atoms with Gasteiger partial charge in [0.15, 0.2) is 0 Å². The van der Waals surface area contributed by atoms with Crippen LogP contribution in [0.5, 0.6) is 0 Å². The molecule has 5 nitrogen and oxygen atoms in total. The van der Waals surface area contributed by atoms with E-state index in [9.17, 15) is 0 Å². The summed E-state index contributed by atoms with van der Waals surface area (Å²) in [6.45, 7) is 10.6. The predicted molar refractivity (Wildman–Crippen MR) is 76.2 cm³/mol. The third kappa shape index (κ3) is 2.42. The van der Waals surface area contributed by atoms with E-state index in [0.29, 0.717) is 26.4 Å². The summed E-state index contributed by atoms with van der Waals surface area (Å²) in [4.78, 5) is 0. The van der Waals surface area contributed by atoms with Gasteiger partial charge in [0.05, 0.1) is 13.2 Å². The molecular weight excluding hydrogens is 272 g/mol. The van der Waals surface area contributed by atoms with Gasteiger partial charge in [0.25, 0.3) is 0 Å². The lowest BCUT2D eigenvalue weighted by atomic mass is 9.92. The Morgan fingerprint density at radius 1 is 0.952 bits per heavy atom. The molecule has 2 saturated heterocycles. The van der Waals surface area contributed by atoms with E-state index in [2.05, 4.69) is 13.8 Å². The monoisotopic (exact) mass is 296 g/mol. The van der Waals surface area contributed by atoms with E-state index in [-0.39, 0.29) is 23.4 Å². The molecule has 0 saturated carbocycles. The lowest BCUT2D eigenvalue weighted by Crippen LogP contribution is -2.52. The van der Waals surface area contributed by atoms with Gasteiger partial charge in [-0.3, -0.25) is 0 Å². The number of rotatable bonds is 6. The molecule has 0 bridgehead atoms. The maximum absolute atomic E-state index is 5.97. The average Bonchev–Trinajstić information content (AvgIpc) is 2.85. The van der Waals surface area contributed by atoms with Crippen LogP contribution >= 0.6 is 0 Å². The first-order chi connectivity index (χ1) is 10.0. The van der Waals surface area contributed by atoms with E-state index in [0.717, 1.165) is 11.5 Å². The van der Waals surface area contributed by atoms with Crippen molar-refractivity contribution in [3.8, 4) is 0 Å². The maximum atomic E-state index is 5.97. The molecular formula is C16H24O5. The molecule has 2 aliphatic rings. The summed E-state index contributed by atoms with van der Waals surface area (Å²) in [5, 5.41) is 0. The third-order valence-electron chi connectivity index (χ3n) is 4.29. The highest BCUT2D eigenvalue weighted by Crippen LogP contribution is 2.46. The minimum Gasteiger partial charge on any atom is -0.460 e. The summed E-state index contributed by atoms with van der Waals surface area (Å²) >= 11 is 0. The van der Waals surface area contributed by atoms with E-state index >= 15 is 0 Å². The van der Waals surface area contributed by atoms with E-state index in [1.807, 2.05) is 26.0 Å². The highest BCUT2D eigenvalue weighted by molar-refractivity contribution is 5.20. The zero-order chi connectivity index (χ0) is 15.1. The Labute approximate surface area is 125 Å². The molecule has 4 unspecified atom stereocenters. The molecule has 1 aromatic heterocycles. The van der Waals surface area contributed by atoms with Crippen LogP contribution in [0.25, 0.3) is 0 Å². The van der Waals surface area contributed by atoms with Gasteiger partial charge in [0.2, 0.25) is 0 Å². The smallest absolute Gasteiger partial charge is 0.146 e. The van der Waals surface area contributed by atoms with E-state index in [1.54, 1.807) is 0 Å². The first kappa shape index (κ1) is 15.0. The van der Waals surface area contributed by atoms with Crippen LogP contribution in [-0.2, 0) is 18.9 Å². The van der Waals surface area contributed by atoms with Gasteiger partial charge in [-0.05, 0) is 39.8 Å². The highest BCUT2D eigenvalue weighted by atomic mass is 16.6. The van der Waals surface area contributed by atoms with Crippen LogP contribution < -0.4 is 0 Å². The fourth-order valence-electron chi connectivity index (χ4n) is 3.11. The van der Waals surface area contributed by atoms with Gasteiger partial charge in [-0.2, -0.15) is 0 Å². The normalized spacial score (nSPS) is 38.9. The lowest BCUT2D eigenvalue weighted by Gasteiger charge is -2.46. The molecule has 0 N–H and O–H groups in total. The van der Waals surface area contributed by atoms with Crippen LogP contribution in [0.4, 0.5) is 0 Å². The van der Waals surface area contributed by atoms with Gasteiger partial charge in [-0.15, -0.1) is 0 Å². The fraction of sp³-hybridized carbons (Fsp3) is 0.750. The van der Waals surface area contributed by atoms with Crippen LogP contribution in [0.3, 0.4) is 0 Å². The number of hydrogen-bond donors (Lipinski definition) is 0. The van der Waals surface area contributed by atoms with Crippen molar-refractivity contribution in [2.75, 3.05) is 26.4 Å². The molecule has 0 aliphatic carbocycles. The number of ether oxygens (including phenoxy) is 4. The lowest BCUT2D eigenvalue weighted by molar-refractivity contribution is -0.266. The van der Waals surface area contributed by atoms with Crippen LogP contribution in [0.1, 0.15) is 51.4 Å². The molecule has 0 spiro atoms.